The van der Waals surface area contributed by atoms with Crippen LogP contribution in [0.3, 0.4) is 0 Å². The summed E-state index contributed by atoms with van der Waals surface area (Å²) in [6.07, 6.45) is 5.82. The van der Waals surface area contributed by atoms with Crippen molar-refractivity contribution in [1.82, 2.24) is 15.0 Å². The lowest BCUT2D eigenvalue weighted by molar-refractivity contribution is 0.100. The summed E-state index contributed by atoms with van der Waals surface area (Å²) in [5.74, 6) is -0.0448. The largest absolute Gasteiger partial charge is 0.366 e. The first-order valence-electron chi connectivity index (χ1n) is 7.55. The Labute approximate surface area is 156 Å². The van der Waals surface area contributed by atoms with Crippen LogP contribution in [0.15, 0.2) is 61.1 Å². The molecule has 0 radical (unpaired) electrons. The molecule has 9 nitrogen and oxygen atoms in total. The zero-order valence-electron chi connectivity index (χ0n) is 14.3. The summed E-state index contributed by atoms with van der Waals surface area (Å²) in [7, 11) is -3.67. The summed E-state index contributed by atoms with van der Waals surface area (Å²) in [5, 5.41) is 3.06. The number of nitrogens with zero attached hydrogens (tertiary/aromatic N) is 3. The topological polar surface area (TPSA) is 148 Å². The van der Waals surface area contributed by atoms with E-state index in [1.807, 2.05) is 24.3 Å². The SMILES string of the molecule is CS(=O)(=O)O.NC(=O)c1cccc(Nc2nccc(-c3cccnc3)n2)c1. The van der Waals surface area contributed by atoms with Gasteiger partial charge in [-0.25, -0.2) is 9.97 Å². The summed E-state index contributed by atoms with van der Waals surface area (Å²) >= 11 is 0. The number of hydrogen-bond acceptors (Lipinski definition) is 7. The van der Waals surface area contributed by atoms with Gasteiger partial charge in [0.2, 0.25) is 11.9 Å². The van der Waals surface area contributed by atoms with Gasteiger partial charge in [0.1, 0.15) is 0 Å². The molecular weight excluding hydrogens is 370 g/mol. The van der Waals surface area contributed by atoms with E-state index in [1.54, 1.807) is 36.8 Å². The summed E-state index contributed by atoms with van der Waals surface area (Å²) in [6, 6.07) is 12.4. The van der Waals surface area contributed by atoms with Gasteiger partial charge in [-0.3, -0.25) is 14.3 Å². The molecule has 3 aromatic rings. The fraction of sp³-hybridized carbons (Fsp3) is 0.0588. The van der Waals surface area contributed by atoms with Gasteiger partial charge in [-0.05, 0) is 36.4 Å². The molecule has 2 aromatic heterocycles. The molecule has 0 spiro atoms. The van der Waals surface area contributed by atoms with Crippen molar-refractivity contribution in [3.05, 3.63) is 66.6 Å². The molecule has 1 amide bonds. The van der Waals surface area contributed by atoms with Crippen molar-refractivity contribution in [2.75, 3.05) is 11.6 Å². The summed E-state index contributed by atoms with van der Waals surface area (Å²) in [5.41, 5.74) is 8.05. The summed E-state index contributed by atoms with van der Waals surface area (Å²) in [4.78, 5) is 23.9. The molecule has 2 heterocycles. The molecule has 0 unspecified atom stereocenters. The highest BCUT2D eigenvalue weighted by Gasteiger charge is 2.05. The highest BCUT2D eigenvalue weighted by molar-refractivity contribution is 7.85. The van der Waals surface area contributed by atoms with Crippen LogP contribution >= 0.6 is 0 Å². The minimum atomic E-state index is -3.67. The van der Waals surface area contributed by atoms with E-state index < -0.39 is 16.0 Å². The van der Waals surface area contributed by atoms with Crippen LogP contribution in [0, 0.1) is 0 Å². The maximum absolute atomic E-state index is 11.2. The van der Waals surface area contributed by atoms with Crippen molar-refractivity contribution in [2.45, 2.75) is 0 Å². The molecule has 0 fully saturated rings. The van der Waals surface area contributed by atoms with E-state index >= 15 is 0 Å². The smallest absolute Gasteiger partial charge is 0.261 e. The Balaban J connectivity index is 0.000000465. The van der Waals surface area contributed by atoms with E-state index in [0.29, 0.717) is 23.5 Å². The van der Waals surface area contributed by atoms with Crippen molar-refractivity contribution in [1.29, 1.82) is 0 Å². The zero-order chi connectivity index (χ0) is 19.9. The second-order valence-electron chi connectivity index (χ2n) is 5.31. The molecule has 0 bridgehead atoms. The van der Waals surface area contributed by atoms with Crippen molar-refractivity contribution in [3.63, 3.8) is 0 Å². The number of carbonyl (C=O) groups is 1. The maximum Gasteiger partial charge on any atom is 0.261 e. The van der Waals surface area contributed by atoms with E-state index in [2.05, 4.69) is 20.3 Å². The Morgan fingerprint density at radius 2 is 1.89 bits per heavy atom. The third-order valence-electron chi connectivity index (χ3n) is 3.02. The monoisotopic (exact) mass is 387 g/mol. The molecule has 0 saturated carbocycles. The summed E-state index contributed by atoms with van der Waals surface area (Å²) < 4.78 is 25.9. The lowest BCUT2D eigenvalue weighted by Gasteiger charge is -2.07. The number of benzene rings is 1. The number of primary amides is 1. The quantitative estimate of drug-likeness (QED) is 0.575. The lowest BCUT2D eigenvalue weighted by atomic mass is 10.2. The van der Waals surface area contributed by atoms with E-state index in [0.717, 1.165) is 11.3 Å². The number of anilines is 2. The van der Waals surface area contributed by atoms with Gasteiger partial charge in [0, 0.05) is 35.4 Å². The zero-order valence-corrected chi connectivity index (χ0v) is 15.1. The average Bonchev–Trinajstić information content (AvgIpc) is 2.61. The molecule has 1 aromatic carbocycles. The Kier molecular flexibility index (Phi) is 6.52. The molecule has 10 heteroatoms. The molecule has 0 aliphatic rings. The average molecular weight is 387 g/mol. The second kappa shape index (κ2) is 8.83. The molecule has 27 heavy (non-hydrogen) atoms. The van der Waals surface area contributed by atoms with Crippen LogP contribution in [0.4, 0.5) is 11.6 Å². The second-order valence-corrected chi connectivity index (χ2v) is 6.78. The molecule has 140 valence electrons. The fourth-order valence-electron chi connectivity index (χ4n) is 1.97. The number of nitrogens with two attached hydrogens (primary N) is 1. The Morgan fingerprint density at radius 1 is 1.15 bits per heavy atom. The van der Waals surface area contributed by atoms with Crippen LogP contribution in [0.1, 0.15) is 10.4 Å². The molecule has 0 atom stereocenters. The molecule has 3 rings (SSSR count). The van der Waals surface area contributed by atoms with Gasteiger partial charge in [-0.15, -0.1) is 0 Å². The Hall–Kier alpha value is -3.37. The first-order chi connectivity index (χ1) is 12.7. The first-order valence-corrected chi connectivity index (χ1v) is 9.40. The van der Waals surface area contributed by atoms with Gasteiger partial charge in [-0.1, -0.05) is 6.07 Å². The van der Waals surface area contributed by atoms with E-state index in [9.17, 15) is 13.2 Å². The number of aromatic nitrogens is 3. The predicted molar refractivity (Wildman–Crippen MR) is 101 cm³/mol. The number of pyridine rings is 1. The van der Waals surface area contributed by atoms with Crippen LogP contribution in [-0.2, 0) is 10.1 Å². The van der Waals surface area contributed by atoms with E-state index in [1.165, 1.54) is 0 Å². The number of carbonyl (C=O) groups excluding carboxylic acids is 1. The molecule has 0 aliphatic heterocycles. The third-order valence-corrected chi connectivity index (χ3v) is 3.02. The van der Waals surface area contributed by atoms with Gasteiger partial charge < -0.3 is 11.1 Å². The maximum atomic E-state index is 11.2. The Bertz CT molecular complexity index is 1020. The fourth-order valence-corrected chi connectivity index (χ4v) is 1.97. The predicted octanol–water partition coefficient (Wildman–Crippen LogP) is 1.89. The number of nitrogens with one attached hydrogen (secondary N) is 1. The van der Waals surface area contributed by atoms with Crippen LogP contribution in [0.2, 0.25) is 0 Å². The van der Waals surface area contributed by atoms with Crippen LogP contribution in [0.5, 0.6) is 0 Å². The number of hydrogen-bond donors (Lipinski definition) is 3. The normalized spacial score (nSPS) is 10.4. The molecule has 4 N–H and O–H groups in total. The number of rotatable bonds is 4. The highest BCUT2D eigenvalue weighted by Crippen LogP contribution is 2.19. The minimum absolute atomic E-state index is 0.424. The van der Waals surface area contributed by atoms with Gasteiger partial charge in [0.25, 0.3) is 10.1 Å². The molecule has 0 saturated heterocycles. The Morgan fingerprint density at radius 3 is 2.52 bits per heavy atom. The first kappa shape index (κ1) is 19.9. The van der Waals surface area contributed by atoms with E-state index in [-0.39, 0.29) is 0 Å². The molecule has 0 aliphatic carbocycles. The van der Waals surface area contributed by atoms with Crippen LogP contribution < -0.4 is 11.1 Å². The van der Waals surface area contributed by atoms with Gasteiger partial charge in [0.05, 0.1) is 11.9 Å². The highest BCUT2D eigenvalue weighted by atomic mass is 32.2. The van der Waals surface area contributed by atoms with Crippen LogP contribution in [-0.4, -0.2) is 40.1 Å². The van der Waals surface area contributed by atoms with Crippen LogP contribution in [0.25, 0.3) is 11.3 Å². The number of amides is 1. The van der Waals surface area contributed by atoms with Crippen molar-refractivity contribution >= 4 is 27.7 Å². The standard InChI is InChI=1S/C16H13N5O.CH4O3S/c17-15(22)11-3-1-5-13(9-11)20-16-19-8-6-14(21-16)12-4-2-7-18-10-12;1-5(2,3)4/h1-10H,(H2,17,22)(H,19,20,21);1H3,(H,2,3,4). The third kappa shape index (κ3) is 7.18. The van der Waals surface area contributed by atoms with Gasteiger partial charge >= 0.3 is 0 Å². The lowest BCUT2D eigenvalue weighted by Crippen LogP contribution is -2.11. The van der Waals surface area contributed by atoms with Crippen molar-refractivity contribution in [3.8, 4) is 11.3 Å². The van der Waals surface area contributed by atoms with Crippen molar-refractivity contribution in [2.24, 2.45) is 5.73 Å². The van der Waals surface area contributed by atoms with Gasteiger partial charge in [0.15, 0.2) is 0 Å². The van der Waals surface area contributed by atoms with E-state index in [4.69, 9.17) is 10.3 Å². The van der Waals surface area contributed by atoms with Crippen molar-refractivity contribution < 1.29 is 17.8 Å². The minimum Gasteiger partial charge on any atom is -0.366 e. The molecular formula is C17H17N5O4S. The van der Waals surface area contributed by atoms with Gasteiger partial charge in [-0.2, -0.15) is 8.42 Å². The summed E-state index contributed by atoms with van der Waals surface area (Å²) in [6.45, 7) is 0.